The van der Waals surface area contributed by atoms with E-state index < -0.39 is 16.9 Å². The summed E-state index contributed by atoms with van der Waals surface area (Å²) in [6.45, 7) is 9.92. The number of rotatable bonds is 9. The first-order chi connectivity index (χ1) is 14.1. The SMILES string of the molecule is CCCC(CC)(Pc1ccc(C)cc1C(F)(F)F)c1cc(C)cc(C)c1OCOC. The van der Waals surface area contributed by atoms with Crippen molar-refractivity contribution in [2.75, 3.05) is 13.9 Å². The van der Waals surface area contributed by atoms with Crippen molar-refractivity contribution < 1.29 is 22.6 Å². The maximum Gasteiger partial charge on any atom is 0.417 e. The van der Waals surface area contributed by atoms with Crippen LogP contribution in [-0.2, 0) is 16.1 Å². The van der Waals surface area contributed by atoms with Crippen molar-refractivity contribution in [2.24, 2.45) is 0 Å². The number of methoxy groups -OCH3 is 1. The van der Waals surface area contributed by atoms with Crippen LogP contribution in [0.4, 0.5) is 13.2 Å². The Morgan fingerprint density at radius 3 is 2.17 bits per heavy atom. The van der Waals surface area contributed by atoms with Gasteiger partial charge < -0.3 is 9.47 Å². The minimum atomic E-state index is -4.38. The van der Waals surface area contributed by atoms with Gasteiger partial charge in [-0.05, 0) is 50.5 Å². The van der Waals surface area contributed by atoms with Gasteiger partial charge in [0.2, 0.25) is 0 Å². The molecule has 0 N–H and O–H groups in total. The summed E-state index contributed by atoms with van der Waals surface area (Å²) in [4.78, 5) is 0. The van der Waals surface area contributed by atoms with E-state index in [-0.39, 0.29) is 15.4 Å². The van der Waals surface area contributed by atoms with Crippen molar-refractivity contribution >= 4 is 13.9 Å². The van der Waals surface area contributed by atoms with Crippen LogP contribution in [0.5, 0.6) is 5.75 Å². The summed E-state index contributed by atoms with van der Waals surface area (Å²) in [5.74, 6) is 0.728. The first-order valence-electron chi connectivity index (χ1n) is 10.3. The van der Waals surface area contributed by atoms with Crippen molar-refractivity contribution in [1.82, 2.24) is 0 Å². The summed E-state index contributed by atoms with van der Waals surface area (Å²) in [5.41, 5.74) is 3.11. The number of hydrogen-bond acceptors (Lipinski definition) is 2. The maximum absolute atomic E-state index is 13.8. The second-order valence-corrected chi connectivity index (χ2v) is 9.61. The zero-order chi connectivity index (χ0) is 22.5. The molecule has 0 radical (unpaired) electrons. The Bertz CT molecular complexity index is 864. The third-order valence-corrected chi connectivity index (χ3v) is 7.45. The zero-order valence-corrected chi connectivity index (χ0v) is 19.7. The Morgan fingerprint density at radius 1 is 0.933 bits per heavy atom. The first kappa shape index (κ1) is 24.7. The van der Waals surface area contributed by atoms with Gasteiger partial charge in [0.25, 0.3) is 0 Å². The van der Waals surface area contributed by atoms with Gasteiger partial charge >= 0.3 is 6.18 Å². The molecule has 0 spiro atoms. The molecule has 2 unspecified atom stereocenters. The van der Waals surface area contributed by atoms with E-state index in [0.29, 0.717) is 10.9 Å². The third kappa shape index (κ3) is 5.56. The number of alkyl halides is 3. The molecular weight excluding hydrogens is 408 g/mol. The molecular formula is C24H32F3O2P. The van der Waals surface area contributed by atoms with Crippen molar-refractivity contribution in [3.8, 4) is 5.75 Å². The van der Waals surface area contributed by atoms with Crippen LogP contribution in [-0.4, -0.2) is 13.9 Å². The second kappa shape index (κ2) is 10.2. The van der Waals surface area contributed by atoms with E-state index in [0.717, 1.165) is 41.7 Å². The molecule has 0 aliphatic heterocycles. The van der Waals surface area contributed by atoms with E-state index in [9.17, 15) is 13.2 Å². The fourth-order valence-electron chi connectivity index (χ4n) is 4.03. The molecule has 0 bridgehead atoms. The minimum Gasteiger partial charge on any atom is -0.467 e. The molecule has 2 atom stereocenters. The van der Waals surface area contributed by atoms with Crippen LogP contribution in [0.2, 0.25) is 0 Å². The van der Waals surface area contributed by atoms with E-state index in [4.69, 9.17) is 9.47 Å². The molecule has 0 fully saturated rings. The van der Waals surface area contributed by atoms with Gasteiger partial charge in [-0.15, -0.1) is 0 Å². The highest BCUT2D eigenvalue weighted by atomic mass is 31.1. The van der Waals surface area contributed by atoms with Gasteiger partial charge in [-0.1, -0.05) is 64.2 Å². The van der Waals surface area contributed by atoms with Gasteiger partial charge in [-0.25, -0.2) is 0 Å². The highest BCUT2D eigenvalue weighted by molar-refractivity contribution is 7.48. The van der Waals surface area contributed by atoms with Gasteiger partial charge in [0.15, 0.2) is 6.79 Å². The summed E-state index contributed by atoms with van der Waals surface area (Å²) in [7, 11) is 1.53. The number of ether oxygens (including phenoxy) is 2. The smallest absolute Gasteiger partial charge is 0.417 e. The molecule has 0 amide bonds. The molecule has 0 heterocycles. The van der Waals surface area contributed by atoms with E-state index >= 15 is 0 Å². The van der Waals surface area contributed by atoms with Gasteiger partial charge in [0.1, 0.15) is 5.75 Å². The lowest BCUT2D eigenvalue weighted by Crippen LogP contribution is -2.27. The minimum absolute atomic E-state index is 0.0277. The van der Waals surface area contributed by atoms with Gasteiger partial charge in [0.05, 0.1) is 5.56 Å². The Kier molecular flexibility index (Phi) is 8.35. The van der Waals surface area contributed by atoms with Crippen LogP contribution < -0.4 is 10.0 Å². The molecule has 0 saturated heterocycles. The first-order valence-corrected chi connectivity index (χ1v) is 11.3. The van der Waals surface area contributed by atoms with Gasteiger partial charge in [-0.3, -0.25) is 0 Å². The number of hydrogen-bond donors (Lipinski definition) is 0. The normalized spacial score (nSPS) is 14.3. The summed E-state index contributed by atoms with van der Waals surface area (Å²) >= 11 is 0. The molecule has 2 rings (SSSR count). The predicted octanol–water partition coefficient (Wildman–Crippen LogP) is 7.02. The Morgan fingerprint density at radius 2 is 1.60 bits per heavy atom. The van der Waals surface area contributed by atoms with Crippen LogP contribution in [0.25, 0.3) is 0 Å². The molecule has 0 aliphatic carbocycles. The standard InChI is InChI=1S/C24H32F3O2P/c1-7-11-23(8-2,20-14-17(4)12-18(5)22(20)29-15-28-6)30-21-10-9-16(3)13-19(21)24(25,26)27/h9-10,12-14,30H,7-8,11,15H2,1-6H3. The Labute approximate surface area is 180 Å². The Hall–Kier alpha value is -1.58. The van der Waals surface area contributed by atoms with Crippen LogP contribution in [0, 0.1) is 20.8 Å². The van der Waals surface area contributed by atoms with Crippen LogP contribution in [0.15, 0.2) is 30.3 Å². The second-order valence-electron chi connectivity index (χ2n) is 7.87. The van der Waals surface area contributed by atoms with Crippen molar-refractivity contribution in [1.29, 1.82) is 0 Å². The quantitative estimate of drug-likeness (QED) is 0.308. The molecule has 2 aromatic rings. The summed E-state index contributed by atoms with van der Waals surface area (Å²) in [6.07, 6.45) is -2.02. The Balaban J connectivity index is 2.69. The van der Waals surface area contributed by atoms with Crippen molar-refractivity contribution in [3.05, 3.63) is 58.1 Å². The summed E-state index contributed by atoms with van der Waals surface area (Å²) in [6, 6.07) is 8.80. The molecule has 2 aromatic carbocycles. The lowest BCUT2D eigenvalue weighted by atomic mass is 9.87. The maximum atomic E-state index is 13.8. The molecule has 0 aromatic heterocycles. The fourth-order valence-corrected chi connectivity index (χ4v) is 5.93. The van der Waals surface area contributed by atoms with Crippen LogP contribution >= 0.6 is 8.58 Å². The van der Waals surface area contributed by atoms with Crippen molar-refractivity contribution in [3.63, 3.8) is 0 Å². The molecule has 6 heteroatoms. The van der Waals surface area contributed by atoms with Gasteiger partial charge in [-0.2, -0.15) is 13.2 Å². The largest absolute Gasteiger partial charge is 0.467 e. The molecule has 166 valence electrons. The lowest BCUT2D eigenvalue weighted by Gasteiger charge is -2.36. The number of halogens is 3. The number of benzene rings is 2. The average Bonchev–Trinajstić information content (AvgIpc) is 2.67. The van der Waals surface area contributed by atoms with Gasteiger partial charge in [0, 0.05) is 17.8 Å². The van der Waals surface area contributed by atoms with E-state index in [1.54, 1.807) is 26.2 Å². The molecule has 0 aliphatic rings. The van der Waals surface area contributed by atoms with Crippen LogP contribution in [0.1, 0.15) is 60.9 Å². The lowest BCUT2D eigenvalue weighted by molar-refractivity contribution is -0.136. The van der Waals surface area contributed by atoms with E-state index in [1.807, 2.05) is 19.9 Å². The van der Waals surface area contributed by atoms with Crippen molar-refractivity contribution in [2.45, 2.75) is 65.2 Å². The fraction of sp³-hybridized carbons (Fsp3) is 0.500. The zero-order valence-electron chi connectivity index (χ0n) is 18.7. The van der Waals surface area contributed by atoms with E-state index in [1.165, 1.54) is 6.07 Å². The third-order valence-electron chi connectivity index (χ3n) is 5.39. The molecule has 0 saturated carbocycles. The topological polar surface area (TPSA) is 18.5 Å². The molecule has 30 heavy (non-hydrogen) atoms. The van der Waals surface area contributed by atoms with Crippen LogP contribution in [0.3, 0.4) is 0 Å². The predicted molar refractivity (Wildman–Crippen MR) is 119 cm³/mol. The highest BCUT2D eigenvalue weighted by Gasteiger charge is 2.39. The summed E-state index contributed by atoms with van der Waals surface area (Å²) in [5, 5.41) is -0.0793. The summed E-state index contributed by atoms with van der Waals surface area (Å²) < 4.78 is 52.6. The van der Waals surface area contributed by atoms with E-state index in [2.05, 4.69) is 19.9 Å². The monoisotopic (exact) mass is 440 g/mol. The molecule has 2 nitrogen and oxygen atoms in total. The number of aryl methyl sites for hydroxylation is 3. The highest BCUT2D eigenvalue weighted by Crippen LogP contribution is 2.53. The average molecular weight is 440 g/mol.